The van der Waals surface area contributed by atoms with E-state index in [-0.39, 0.29) is 12.8 Å². The van der Waals surface area contributed by atoms with Gasteiger partial charge in [-0.2, -0.15) is 13.2 Å². The SMILES string of the molecule is CCCCn1c(-c2ccccc2)nc(-c2ccccc2)c1[C@@H](C)N(Cc1cccc(C(F)(F)F)c1)Cc1ccc2c(c1)OCO2. The van der Waals surface area contributed by atoms with E-state index in [9.17, 15) is 13.2 Å². The minimum Gasteiger partial charge on any atom is -0.454 e. The maximum Gasteiger partial charge on any atom is 0.416 e. The molecule has 1 aliphatic rings. The monoisotopic (exact) mass is 611 g/mol. The van der Waals surface area contributed by atoms with Crippen molar-refractivity contribution in [1.29, 1.82) is 0 Å². The van der Waals surface area contributed by atoms with Crippen molar-refractivity contribution in [3.8, 4) is 34.1 Å². The number of hydrogen-bond donors (Lipinski definition) is 0. The van der Waals surface area contributed by atoms with Crippen molar-refractivity contribution in [2.24, 2.45) is 0 Å². The molecule has 0 N–H and O–H groups in total. The molecule has 8 heteroatoms. The molecule has 0 saturated carbocycles. The summed E-state index contributed by atoms with van der Waals surface area (Å²) in [6.07, 6.45) is -2.46. The highest BCUT2D eigenvalue weighted by atomic mass is 19.4. The highest BCUT2D eigenvalue weighted by molar-refractivity contribution is 5.69. The molecule has 0 radical (unpaired) electrons. The van der Waals surface area contributed by atoms with Gasteiger partial charge in [-0.1, -0.05) is 98.3 Å². The van der Waals surface area contributed by atoms with E-state index in [1.165, 1.54) is 12.1 Å². The molecule has 0 unspecified atom stereocenters. The fraction of sp³-hybridized carbons (Fsp3) is 0.270. The van der Waals surface area contributed by atoms with Crippen molar-refractivity contribution in [3.05, 3.63) is 126 Å². The summed E-state index contributed by atoms with van der Waals surface area (Å²) in [5, 5.41) is 0. The second-order valence-corrected chi connectivity index (χ2v) is 11.4. The standard InChI is InChI=1S/C37H36F3N3O2/c1-3-4-20-43-35(34(29-13-7-5-8-14-29)41-36(43)30-15-9-6-10-16-30)26(2)42(23-27-12-11-17-31(21-27)37(38,39)40)24-28-18-19-32-33(22-28)45-25-44-32/h5-19,21-22,26H,3-4,20,23-25H2,1-2H3/t26-/m1/s1. The van der Waals surface area contributed by atoms with Gasteiger partial charge in [0.15, 0.2) is 11.5 Å². The zero-order valence-corrected chi connectivity index (χ0v) is 25.4. The van der Waals surface area contributed by atoms with Crippen LogP contribution in [-0.2, 0) is 25.8 Å². The Bertz CT molecular complexity index is 1740. The number of benzene rings is 4. The van der Waals surface area contributed by atoms with Crippen molar-refractivity contribution in [2.75, 3.05) is 6.79 Å². The molecule has 0 fully saturated rings. The van der Waals surface area contributed by atoms with Gasteiger partial charge >= 0.3 is 6.18 Å². The first-order chi connectivity index (χ1) is 21.8. The highest BCUT2D eigenvalue weighted by Gasteiger charge is 2.32. The molecule has 1 aromatic heterocycles. The Labute approximate surface area is 261 Å². The van der Waals surface area contributed by atoms with Crippen LogP contribution in [0.3, 0.4) is 0 Å². The number of aromatic nitrogens is 2. The van der Waals surface area contributed by atoms with E-state index in [4.69, 9.17) is 14.5 Å². The van der Waals surface area contributed by atoms with Gasteiger partial charge in [-0.05, 0) is 42.7 Å². The lowest BCUT2D eigenvalue weighted by Gasteiger charge is -2.31. The second-order valence-electron chi connectivity index (χ2n) is 11.4. The molecular weight excluding hydrogens is 575 g/mol. The van der Waals surface area contributed by atoms with E-state index in [0.717, 1.165) is 59.4 Å². The number of alkyl halides is 3. The molecule has 45 heavy (non-hydrogen) atoms. The lowest BCUT2D eigenvalue weighted by Crippen LogP contribution is -2.28. The van der Waals surface area contributed by atoms with E-state index in [1.807, 2.05) is 54.6 Å². The number of nitrogens with zero attached hydrogens (tertiary/aromatic N) is 3. The van der Waals surface area contributed by atoms with Crippen molar-refractivity contribution in [2.45, 2.75) is 58.5 Å². The summed E-state index contributed by atoms with van der Waals surface area (Å²) in [4.78, 5) is 7.48. The van der Waals surface area contributed by atoms with E-state index >= 15 is 0 Å². The summed E-state index contributed by atoms with van der Waals surface area (Å²) in [7, 11) is 0. The summed E-state index contributed by atoms with van der Waals surface area (Å²) >= 11 is 0. The molecule has 5 aromatic rings. The fourth-order valence-corrected chi connectivity index (χ4v) is 5.90. The van der Waals surface area contributed by atoms with E-state index in [2.05, 4.69) is 47.6 Å². The minimum atomic E-state index is -4.42. The van der Waals surface area contributed by atoms with Gasteiger partial charge < -0.3 is 14.0 Å². The largest absolute Gasteiger partial charge is 0.454 e. The van der Waals surface area contributed by atoms with Gasteiger partial charge in [-0.3, -0.25) is 4.90 Å². The Kier molecular flexibility index (Phi) is 8.94. The first kappa shape index (κ1) is 30.5. The predicted octanol–water partition coefficient (Wildman–Crippen LogP) is 9.53. The second kappa shape index (κ2) is 13.2. The van der Waals surface area contributed by atoms with Crippen LogP contribution in [0.2, 0.25) is 0 Å². The number of rotatable bonds is 11. The van der Waals surface area contributed by atoms with Gasteiger partial charge in [-0.25, -0.2) is 4.98 Å². The molecule has 232 valence electrons. The molecule has 0 amide bonds. The van der Waals surface area contributed by atoms with Crippen LogP contribution in [0, 0.1) is 0 Å². The van der Waals surface area contributed by atoms with Gasteiger partial charge in [0.2, 0.25) is 6.79 Å². The number of fused-ring (bicyclic) bond motifs is 1. The van der Waals surface area contributed by atoms with Crippen LogP contribution < -0.4 is 9.47 Å². The molecule has 5 nitrogen and oxygen atoms in total. The average molecular weight is 612 g/mol. The fourth-order valence-electron chi connectivity index (χ4n) is 5.90. The molecule has 1 atom stereocenters. The molecule has 4 aromatic carbocycles. The molecule has 0 saturated heterocycles. The predicted molar refractivity (Wildman–Crippen MR) is 170 cm³/mol. The summed E-state index contributed by atoms with van der Waals surface area (Å²) in [5.74, 6) is 2.24. The molecule has 1 aliphatic heterocycles. The van der Waals surface area contributed by atoms with Gasteiger partial charge in [0.05, 0.1) is 23.0 Å². The van der Waals surface area contributed by atoms with E-state index in [1.54, 1.807) is 6.07 Å². The summed E-state index contributed by atoms with van der Waals surface area (Å²) in [5.41, 5.74) is 4.82. The maximum atomic E-state index is 13.7. The minimum absolute atomic E-state index is 0.169. The Hall–Kier alpha value is -4.56. The van der Waals surface area contributed by atoms with Gasteiger partial charge in [0, 0.05) is 30.8 Å². The van der Waals surface area contributed by atoms with Crippen LogP contribution >= 0.6 is 0 Å². The smallest absolute Gasteiger partial charge is 0.416 e. The Morgan fingerprint density at radius 2 is 1.47 bits per heavy atom. The van der Waals surface area contributed by atoms with Crippen LogP contribution in [0.5, 0.6) is 11.5 Å². The third-order valence-corrected chi connectivity index (χ3v) is 8.23. The number of imidazole rings is 1. The summed E-state index contributed by atoms with van der Waals surface area (Å²) < 4.78 is 54.7. The molecule has 0 aliphatic carbocycles. The zero-order chi connectivity index (χ0) is 31.4. The van der Waals surface area contributed by atoms with Crippen molar-refractivity contribution >= 4 is 0 Å². The highest BCUT2D eigenvalue weighted by Crippen LogP contribution is 2.39. The number of unbranched alkanes of at least 4 members (excludes halogenated alkanes) is 1. The Morgan fingerprint density at radius 3 is 2.16 bits per heavy atom. The van der Waals surface area contributed by atoms with Gasteiger partial charge in [0.1, 0.15) is 5.82 Å². The molecule has 0 bridgehead atoms. The molecule has 0 spiro atoms. The van der Waals surface area contributed by atoms with E-state index in [0.29, 0.717) is 30.2 Å². The first-order valence-electron chi connectivity index (χ1n) is 15.3. The van der Waals surface area contributed by atoms with Crippen LogP contribution in [0.4, 0.5) is 13.2 Å². The van der Waals surface area contributed by atoms with Crippen LogP contribution in [-0.4, -0.2) is 21.2 Å². The third kappa shape index (κ3) is 6.76. The van der Waals surface area contributed by atoms with E-state index < -0.39 is 11.7 Å². The number of hydrogen-bond acceptors (Lipinski definition) is 4. The molecule has 6 rings (SSSR count). The topological polar surface area (TPSA) is 39.5 Å². The van der Waals surface area contributed by atoms with Crippen molar-refractivity contribution in [3.63, 3.8) is 0 Å². The third-order valence-electron chi connectivity index (χ3n) is 8.23. The number of ether oxygens (including phenoxy) is 2. The van der Waals surface area contributed by atoms with Crippen molar-refractivity contribution < 1.29 is 22.6 Å². The van der Waals surface area contributed by atoms with Crippen LogP contribution in [0.1, 0.15) is 55.1 Å². The lowest BCUT2D eigenvalue weighted by molar-refractivity contribution is -0.137. The van der Waals surface area contributed by atoms with Gasteiger partial charge in [0.25, 0.3) is 0 Å². The first-order valence-corrected chi connectivity index (χ1v) is 15.3. The van der Waals surface area contributed by atoms with Crippen molar-refractivity contribution in [1.82, 2.24) is 14.5 Å². The quantitative estimate of drug-likeness (QED) is 0.149. The molecular formula is C37H36F3N3O2. The maximum absolute atomic E-state index is 13.7. The normalized spacial score (nSPS) is 13.4. The number of halogens is 3. The summed E-state index contributed by atoms with van der Waals surface area (Å²) in [6, 6.07) is 31.5. The Morgan fingerprint density at radius 1 is 0.800 bits per heavy atom. The lowest BCUT2D eigenvalue weighted by atomic mass is 10.0. The summed E-state index contributed by atoms with van der Waals surface area (Å²) in [6.45, 7) is 6.00. The molecule has 2 heterocycles. The Balaban J connectivity index is 1.49. The van der Waals surface area contributed by atoms with Crippen LogP contribution in [0.25, 0.3) is 22.6 Å². The zero-order valence-electron chi connectivity index (χ0n) is 25.4. The average Bonchev–Trinajstić information content (AvgIpc) is 3.68. The van der Waals surface area contributed by atoms with Crippen LogP contribution in [0.15, 0.2) is 103 Å². The van der Waals surface area contributed by atoms with Gasteiger partial charge in [-0.15, -0.1) is 0 Å².